The number of benzene rings is 7. The van der Waals surface area contributed by atoms with E-state index in [0.29, 0.717) is 11.5 Å². The van der Waals surface area contributed by atoms with Crippen LogP contribution in [0.3, 0.4) is 0 Å². The number of hydrogen-bond donors (Lipinski definition) is 0. The fraction of sp³-hybridized carbons (Fsp3) is 0. The van der Waals surface area contributed by atoms with Crippen LogP contribution in [0.1, 0.15) is 0 Å². The van der Waals surface area contributed by atoms with Crippen LogP contribution < -0.4 is 4.90 Å². The second kappa shape index (κ2) is 9.62. The molecule has 7 aromatic carbocycles. The average molecular weight is 588 g/mol. The second-order valence-electron chi connectivity index (χ2n) is 11.8. The molecular weight excluding hydrogens is 562 g/mol. The van der Waals surface area contributed by atoms with E-state index in [-0.39, 0.29) is 0 Å². The minimum atomic E-state index is 0.611. The van der Waals surface area contributed by atoms with Gasteiger partial charge >= 0.3 is 0 Å². The quantitative estimate of drug-likeness (QED) is 0.206. The van der Waals surface area contributed by atoms with Crippen LogP contribution in [0.25, 0.3) is 77.1 Å². The lowest BCUT2D eigenvalue weighted by atomic mass is 9.88. The number of fused-ring (bicyclic) bond motifs is 7. The van der Waals surface area contributed by atoms with E-state index < -0.39 is 0 Å². The predicted molar refractivity (Wildman–Crippen MR) is 189 cm³/mol. The number of rotatable bonds is 3. The van der Waals surface area contributed by atoms with Crippen molar-refractivity contribution in [3.05, 3.63) is 152 Å². The molecule has 4 nitrogen and oxygen atoms in total. The normalized spacial score (nSPS) is 12.3. The van der Waals surface area contributed by atoms with Crippen molar-refractivity contribution in [3.63, 3.8) is 0 Å². The van der Waals surface area contributed by atoms with Gasteiger partial charge in [0.1, 0.15) is 16.8 Å². The van der Waals surface area contributed by atoms with E-state index in [9.17, 15) is 0 Å². The van der Waals surface area contributed by atoms with Crippen LogP contribution in [0, 0.1) is 0 Å². The van der Waals surface area contributed by atoms with Gasteiger partial charge < -0.3 is 4.42 Å². The molecule has 0 fully saturated rings. The topological polar surface area (TPSA) is 42.2 Å². The van der Waals surface area contributed by atoms with Gasteiger partial charge in [0.05, 0.1) is 11.4 Å². The first kappa shape index (κ1) is 25.1. The zero-order valence-electron chi connectivity index (χ0n) is 24.7. The molecule has 0 bridgehead atoms. The number of para-hydroxylation sites is 1. The highest BCUT2D eigenvalue weighted by molar-refractivity contribution is 6.19. The first-order valence-corrected chi connectivity index (χ1v) is 15.5. The Morgan fingerprint density at radius 2 is 1.17 bits per heavy atom. The summed E-state index contributed by atoms with van der Waals surface area (Å²) in [7, 11) is 0. The Balaban J connectivity index is 1.28. The van der Waals surface area contributed by atoms with Gasteiger partial charge in [-0.1, -0.05) is 127 Å². The van der Waals surface area contributed by atoms with Crippen molar-refractivity contribution in [1.29, 1.82) is 0 Å². The van der Waals surface area contributed by atoms with Gasteiger partial charge in [-0.05, 0) is 57.1 Å². The van der Waals surface area contributed by atoms with Crippen molar-refractivity contribution in [2.75, 3.05) is 4.90 Å². The molecule has 9 aromatic rings. The first-order chi connectivity index (χ1) is 22.8. The lowest BCUT2D eigenvalue weighted by molar-refractivity contribution is 0.667. The molecule has 0 atom stereocenters. The van der Waals surface area contributed by atoms with Crippen molar-refractivity contribution in [3.8, 4) is 33.5 Å². The van der Waals surface area contributed by atoms with E-state index in [4.69, 9.17) is 14.4 Å². The average Bonchev–Trinajstić information content (AvgIpc) is 3.50. The molecule has 1 aliphatic heterocycles. The highest BCUT2D eigenvalue weighted by Crippen LogP contribution is 2.53. The second-order valence-corrected chi connectivity index (χ2v) is 11.8. The number of anilines is 3. The van der Waals surface area contributed by atoms with E-state index in [2.05, 4.69) is 132 Å². The summed E-state index contributed by atoms with van der Waals surface area (Å²) in [6.45, 7) is 0. The SMILES string of the molecule is c1ccc(-c2ccc(-c3nc(N4c5ccc6ccccc6c5-c5cccc6cccc4c56)nc4c3oc3ccccc34)cc2)cc1. The van der Waals surface area contributed by atoms with Gasteiger partial charge in [-0.15, -0.1) is 0 Å². The Kier molecular flexibility index (Phi) is 5.25. The number of furan rings is 1. The summed E-state index contributed by atoms with van der Waals surface area (Å²) in [5.74, 6) is 0.611. The summed E-state index contributed by atoms with van der Waals surface area (Å²) < 4.78 is 6.49. The number of aromatic nitrogens is 2. The van der Waals surface area contributed by atoms with Gasteiger partial charge in [-0.2, -0.15) is 0 Å². The third-order valence-electron chi connectivity index (χ3n) is 9.21. The lowest BCUT2D eigenvalue weighted by Gasteiger charge is -2.32. The molecule has 3 heterocycles. The van der Waals surface area contributed by atoms with Crippen LogP contribution in [0.5, 0.6) is 0 Å². The standard InChI is InChI=1S/C42H25N3O/c1-2-10-26(11-3-1)27-20-22-30(23-21-27)39-41-40(32-16-6-7-19-36(32)46-41)44-42(43-39)45-34-18-9-14-29-13-8-17-33(37(29)34)38-31-15-5-4-12-28(31)24-25-35(38)45/h1-25H. The maximum atomic E-state index is 6.49. The van der Waals surface area contributed by atoms with Crippen molar-refractivity contribution in [2.24, 2.45) is 0 Å². The van der Waals surface area contributed by atoms with Gasteiger partial charge in [-0.25, -0.2) is 9.97 Å². The maximum absolute atomic E-state index is 6.49. The van der Waals surface area contributed by atoms with Crippen LogP contribution in [0.15, 0.2) is 156 Å². The van der Waals surface area contributed by atoms with Crippen molar-refractivity contribution >= 4 is 60.9 Å². The van der Waals surface area contributed by atoms with Crippen LogP contribution in [-0.4, -0.2) is 9.97 Å². The van der Waals surface area contributed by atoms with Gasteiger partial charge in [0.15, 0.2) is 5.58 Å². The highest BCUT2D eigenvalue weighted by atomic mass is 16.3. The van der Waals surface area contributed by atoms with Crippen molar-refractivity contribution in [1.82, 2.24) is 9.97 Å². The summed E-state index contributed by atoms with van der Waals surface area (Å²) in [4.78, 5) is 12.9. The zero-order valence-corrected chi connectivity index (χ0v) is 24.7. The van der Waals surface area contributed by atoms with E-state index in [1.807, 2.05) is 24.3 Å². The molecule has 4 heteroatoms. The van der Waals surface area contributed by atoms with Gasteiger partial charge in [0.25, 0.3) is 0 Å². The molecule has 2 aromatic heterocycles. The molecular formula is C42H25N3O. The van der Waals surface area contributed by atoms with Crippen molar-refractivity contribution in [2.45, 2.75) is 0 Å². The molecule has 0 amide bonds. The fourth-order valence-electron chi connectivity index (χ4n) is 7.12. The monoisotopic (exact) mass is 587 g/mol. The van der Waals surface area contributed by atoms with E-state index >= 15 is 0 Å². The minimum absolute atomic E-state index is 0.611. The molecule has 0 unspecified atom stereocenters. The third-order valence-corrected chi connectivity index (χ3v) is 9.21. The van der Waals surface area contributed by atoms with E-state index in [1.165, 1.54) is 38.2 Å². The Morgan fingerprint density at radius 3 is 2.04 bits per heavy atom. The molecule has 0 radical (unpaired) electrons. The Morgan fingerprint density at radius 1 is 0.478 bits per heavy atom. The lowest BCUT2D eigenvalue weighted by Crippen LogP contribution is -2.18. The molecule has 214 valence electrons. The molecule has 46 heavy (non-hydrogen) atoms. The summed E-state index contributed by atoms with van der Waals surface area (Å²) in [5.41, 5.74) is 10.9. The number of nitrogens with zero attached hydrogens (tertiary/aromatic N) is 3. The smallest absolute Gasteiger partial charge is 0.236 e. The molecule has 0 saturated carbocycles. The highest BCUT2D eigenvalue weighted by Gasteiger charge is 2.30. The Labute approximate surface area is 264 Å². The van der Waals surface area contributed by atoms with Gasteiger partial charge in [-0.3, -0.25) is 4.90 Å². The van der Waals surface area contributed by atoms with Crippen LogP contribution in [0.4, 0.5) is 17.3 Å². The summed E-state index contributed by atoms with van der Waals surface area (Å²) in [6.07, 6.45) is 0. The minimum Gasteiger partial charge on any atom is -0.452 e. The van der Waals surface area contributed by atoms with Crippen LogP contribution in [-0.2, 0) is 0 Å². The maximum Gasteiger partial charge on any atom is 0.236 e. The molecule has 10 rings (SSSR count). The van der Waals surface area contributed by atoms with E-state index in [0.717, 1.165) is 44.7 Å². The van der Waals surface area contributed by atoms with Crippen LogP contribution >= 0.6 is 0 Å². The largest absolute Gasteiger partial charge is 0.452 e. The third kappa shape index (κ3) is 3.61. The Bertz CT molecular complexity index is 2630. The van der Waals surface area contributed by atoms with Gasteiger partial charge in [0.2, 0.25) is 5.95 Å². The molecule has 1 aliphatic rings. The molecule has 0 saturated heterocycles. The molecule has 0 aliphatic carbocycles. The summed E-state index contributed by atoms with van der Waals surface area (Å²) in [6, 6.07) is 53.2. The zero-order chi connectivity index (χ0) is 30.2. The van der Waals surface area contributed by atoms with Gasteiger partial charge in [0, 0.05) is 21.9 Å². The van der Waals surface area contributed by atoms with Crippen LogP contribution in [0.2, 0.25) is 0 Å². The predicted octanol–water partition coefficient (Wildman–Crippen LogP) is 11.5. The summed E-state index contributed by atoms with van der Waals surface area (Å²) in [5, 5.41) is 5.76. The fourth-order valence-corrected chi connectivity index (χ4v) is 7.12. The van der Waals surface area contributed by atoms with Crippen molar-refractivity contribution < 1.29 is 4.42 Å². The van der Waals surface area contributed by atoms with E-state index in [1.54, 1.807) is 0 Å². The Hall–Kier alpha value is -6.26. The summed E-state index contributed by atoms with van der Waals surface area (Å²) >= 11 is 0. The molecule has 0 spiro atoms. The first-order valence-electron chi connectivity index (χ1n) is 15.5. The number of hydrogen-bond acceptors (Lipinski definition) is 4. The molecule has 0 N–H and O–H groups in total.